The number of hydrogen-bond donors (Lipinski definition) is 1. The highest BCUT2D eigenvalue weighted by molar-refractivity contribution is 7.89. The van der Waals surface area contributed by atoms with Gasteiger partial charge in [-0.1, -0.05) is 18.2 Å². The van der Waals surface area contributed by atoms with E-state index in [-0.39, 0.29) is 16.2 Å². The average Bonchev–Trinajstić information content (AvgIpc) is 3.11. The molecule has 1 aliphatic rings. The summed E-state index contributed by atoms with van der Waals surface area (Å²) in [4.78, 5) is 0.280. The Kier molecular flexibility index (Phi) is 4.07. The van der Waals surface area contributed by atoms with Gasteiger partial charge in [-0.2, -0.15) is 9.57 Å². The maximum absolute atomic E-state index is 12.5. The molecule has 2 aromatic rings. The van der Waals surface area contributed by atoms with Crippen molar-refractivity contribution in [2.24, 2.45) is 0 Å². The highest BCUT2D eigenvalue weighted by Crippen LogP contribution is 2.27. The van der Waals surface area contributed by atoms with Crippen LogP contribution in [0.1, 0.15) is 18.4 Å². The smallest absolute Gasteiger partial charge is 0.243 e. The fraction of sp³-hybridized carbons (Fsp3) is 0.235. The van der Waals surface area contributed by atoms with E-state index in [0.717, 1.165) is 24.0 Å². The Morgan fingerprint density at radius 3 is 2.22 bits per heavy atom. The minimum absolute atomic E-state index is 0.0653. The van der Waals surface area contributed by atoms with Crippen molar-refractivity contribution >= 4 is 10.0 Å². The summed E-state index contributed by atoms with van der Waals surface area (Å²) in [7, 11) is -3.42. The quantitative estimate of drug-likeness (QED) is 0.939. The largest absolute Gasteiger partial charge is 0.507 e. The molecule has 0 aromatic heterocycles. The third-order valence-corrected chi connectivity index (χ3v) is 5.92. The normalized spacial score (nSPS) is 15.4. The molecule has 0 radical (unpaired) electrons. The van der Waals surface area contributed by atoms with Gasteiger partial charge in [-0.15, -0.1) is 0 Å². The third-order valence-electron chi connectivity index (χ3n) is 4.01. The predicted octanol–water partition coefficient (Wildman–Crippen LogP) is 2.72. The van der Waals surface area contributed by atoms with Crippen LogP contribution in [-0.4, -0.2) is 30.9 Å². The molecule has 5 nitrogen and oxygen atoms in total. The van der Waals surface area contributed by atoms with Gasteiger partial charge in [0.1, 0.15) is 11.8 Å². The minimum atomic E-state index is -3.42. The van der Waals surface area contributed by atoms with Crippen LogP contribution in [0.25, 0.3) is 11.1 Å². The van der Waals surface area contributed by atoms with Crippen LogP contribution in [0, 0.1) is 11.3 Å². The standard InChI is InChI=1S/C17H16N2O3S/c18-12-15-11-14(5-8-17(15)20)13-3-6-16(7-4-13)23(21,22)19-9-1-2-10-19/h3-8,11,20H,1-2,9-10H2. The first kappa shape index (κ1) is 15.5. The highest BCUT2D eigenvalue weighted by Gasteiger charge is 2.26. The maximum atomic E-state index is 12.5. The number of sulfonamides is 1. The molecule has 0 bridgehead atoms. The third kappa shape index (κ3) is 2.93. The van der Waals surface area contributed by atoms with E-state index in [1.165, 1.54) is 10.4 Å². The van der Waals surface area contributed by atoms with Gasteiger partial charge in [-0.05, 0) is 48.2 Å². The molecule has 0 saturated carbocycles. The Bertz CT molecular complexity index is 862. The number of nitrogens with zero attached hydrogens (tertiary/aromatic N) is 2. The van der Waals surface area contributed by atoms with Crippen LogP contribution in [0.5, 0.6) is 5.75 Å². The SMILES string of the molecule is N#Cc1cc(-c2ccc(S(=O)(=O)N3CCCC3)cc2)ccc1O. The first-order chi connectivity index (χ1) is 11.0. The van der Waals surface area contributed by atoms with Crippen molar-refractivity contribution in [3.63, 3.8) is 0 Å². The molecule has 3 rings (SSSR count). The molecular weight excluding hydrogens is 312 g/mol. The molecule has 0 unspecified atom stereocenters. The number of nitriles is 1. The van der Waals surface area contributed by atoms with Crippen molar-refractivity contribution in [2.45, 2.75) is 17.7 Å². The first-order valence-electron chi connectivity index (χ1n) is 7.36. The zero-order valence-electron chi connectivity index (χ0n) is 12.4. The monoisotopic (exact) mass is 328 g/mol. The van der Waals surface area contributed by atoms with E-state index >= 15 is 0 Å². The van der Waals surface area contributed by atoms with E-state index in [1.54, 1.807) is 36.4 Å². The van der Waals surface area contributed by atoms with E-state index in [9.17, 15) is 13.5 Å². The Morgan fingerprint density at radius 2 is 1.61 bits per heavy atom. The van der Waals surface area contributed by atoms with Gasteiger partial charge in [0.15, 0.2) is 0 Å². The molecule has 1 heterocycles. The Hall–Kier alpha value is -2.36. The summed E-state index contributed by atoms with van der Waals surface area (Å²) in [5.74, 6) is -0.0653. The second-order valence-corrected chi connectivity index (χ2v) is 7.42. The number of aromatic hydroxyl groups is 1. The van der Waals surface area contributed by atoms with Crippen LogP contribution < -0.4 is 0 Å². The molecule has 1 saturated heterocycles. The molecule has 2 aromatic carbocycles. The second kappa shape index (κ2) is 6.03. The van der Waals surface area contributed by atoms with Crippen LogP contribution in [0.15, 0.2) is 47.4 Å². The summed E-state index contributed by atoms with van der Waals surface area (Å²) in [6.45, 7) is 1.15. The number of benzene rings is 2. The molecular formula is C17H16N2O3S. The van der Waals surface area contributed by atoms with E-state index in [2.05, 4.69) is 0 Å². The molecule has 1 aliphatic heterocycles. The van der Waals surface area contributed by atoms with Gasteiger partial charge in [0.25, 0.3) is 0 Å². The fourth-order valence-electron chi connectivity index (χ4n) is 2.70. The molecule has 0 spiro atoms. The fourth-order valence-corrected chi connectivity index (χ4v) is 4.22. The van der Waals surface area contributed by atoms with Crippen LogP contribution in [-0.2, 0) is 10.0 Å². The molecule has 1 fully saturated rings. The summed E-state index contributed by atoms with van der Waals surface area (Å²) < 4.78 is 26.5. The average molecular weight is 328 g/mol. The molecule has 23 heavy (non-hydrogen) atoms. The summed E-state index contributed by atoms with van der Waals surface area (Å²) in [6.07, 6.45) is 1.81. The number of hydrogen-bond acceptors (Lipinski definition) is 4. The second-order valence-electron chi connectivity index (χ2n) is 5.48. The van der Waals surface area contributed by atoms with Gasteiger partial charge >= 0.3 is 0 Å². The lowest BCUT2D eigenvalue weighted by Gasteiger charge is -2.15. The van der Waals surface area contributed by atoms with Gasteiger partial charge in [0.2, 0.25) is 10.0 Å². The number of phenolic OH excluding ortho intramolecular Hbond substituents is 1. The lowest BCUT2D eigenvalue weighted by atomic mass is 10.0. The van der Waals surface area contributed by atoms with E-state index in [1.807, 2.05) is 6.07 Å². The molecule has 0 amide bonds. The number of phenols is 1. The molecule has 118 valence electrons. The van der Waals surface area contributed by atoms with Crippen molar-refractivity contribution in [3.8, 4) is 22.9 Å². The molecule has 6 heteroatoms. The Labute approximate surface area is 135 Å². The summed E-state index contributed by atoms with van der Waals surface area (Å²) in [5.41, 5.74) is 1.74. The van der Waals surface area contributed by atoms with Crippen molar-refractivity contribution in [1.29, 1.82) is 5.26 Å². The molecule has 0 atom stereocenters. The van der Waals surface area contributed by atoms with Crippen LogP contribution in [0.2, 0.25) is 0 Å². The lowest BCUT2D eigenvalue weighted by Crippen LogP contribution is -2.27. The summed E-state index contributed by atoms with van der Waals surface area (Å²) >= 11 is 0. The van der Waals surface area contributed by atoms with Crippen LogP contribution in [0.3, 0.4) is 0 Å². The van der Waals surface area contributed by atoms with Gasteiger partial charge in [-0.25, -0.2) is 8.42 Å². The van der Waals surface area contributed by atoms with Crippen molar-refractivity contribution in [3.05, 3.63) is 48.0 Å². The molecule has 0 aliphatic carbocycles. The predicted molar refractivity (Wildman–Crippen MR) is 86.3 cm³/mol. The lowest BCUT2D eigenvalue weighted by molar-refractivity contribution is 0.473. The Morgan fingerprint density at radius 1 is 1.00 bits per heavy atom. The van der Waals surface area contributed by atoms with Gasteiger partial charge in [0.05, 0.1) is 10.5 Å². The topological polar surface area (TPSA) is 81.4 Å². The van der Waals surface area contributed by atoms with Gasteiger partial charge in [-0.3, -0.25) is 0 Å². The maximum Gasteiger partial charge on any atom is 0.243 e. The van der Waals surface area contributed by atoms with E-state index in [0.29, 0.717) is 13.1 Å². The van der Waals surface area contributed by atoms with Gasteiger partial charge in [0, 0.05) is 13.1 Å². The van der Waals surface area contributed by atoms with Crippen molar-refractivity contribution in [1.82, 2.24) is 4.31 Å². The van der Waals surface area contributed by atoms with E-state index < -0.39 is 10.0 Å². The van der Waals surface area contributed by atoms with Crippen molar-refractivity contribution < 1.29 is 13.5 Å². The highest BCUT2D eigenvalue weighted by atomic mass is 32.2. The number of rotatable bonds is 3. The first-order valence-corrected chi connectivity index (χ1v) is 8.80. The zero-order chi connectivity index (χ0) is 16.4. The molecule has 1 N–H and O–H groups in total. The summed E-state index contributed by atoms with van der Waals surface area (Å²) in [6, 6.07) is 13.3. The van der Waals surface area contributed by atoms with Gasteiger partial charge < -0.3 is 5.11 Å². The van der Waals surface area contributed by atoms with Crippen molar-refractivity contribution in [2.75, 3.05) is 13.1 Å². The minimum Gasteiger partial charge on any atom is -0.507 e. The van der Waals surface area contributed by atoms with Crippen LogP contribution >= 0.6 is 0 Å². The zero-order valence-corrected chi connectivity index (χ0v) is 13.3. The van der Waals surface area contributed by atoms with E-state index in [4.69, 9.17) is 5.26 Å². The van der Waals surface area contributed by atoms with Crippen LogP contribution in [0.4, 0.5) is 0 Å². The Balaban J connectivity index is 1.92. The summed E-state index contributed by atoms with van der Waals surface area (Å²) in [5, 5.41) is 18.5.